The number of anilines is 1. The highest BCUT2D eigenvalue weighted by Gasteiger charge is 2.22. The number of hydrogen-bond acceptors (Lipinski definition) is 7. The van der Waals surface area contributed by atoms with E-state index in [0.717, 1.165) is 11.6 Å². The van der Waals surface area contributed by atoms with Gasteiger partial charge in [-0.2, -0.15) is 0 Å². The molecule has 0 aliphatic heterocycles. The number of nitro benzene ring substituents is 1. The van der Waals surface area contributed by atoms with Gasteiger partial charge in [-0.15, -0.1) is 0 Å². The third-order valence-electron chi connectivity index (χ3n) is 4.53. The normalized spacial score (nSPS) is 11.3. The maximum Gasteiger partial charge on any atom is 0.305 e. The second-order valence-electron chi connectivity index (χ2n) is 7.21. The second-order valence-corrected chi connectivity index (χ2v) is 7.62. The molecule has 1 heterocycles. The summed E-state index contributed by atoms with van der Waals surface area (Å²) in [5, 5.41) is 28.2. The van der Waals surface area contributed by atoms with Gasteiger partial charge in [0.25, 0.3) is 5.69 Å². The van der Waals surface area contributed by atoms with E-state index in [0.29, 0.717) is 18.8 Å². The highest BCUT2D eigenvalue weighted by Crippen LogP contribution is 2.28. The highest BCUT2D eigenvalue weighted by molar-refractivity contribution is 6.32. The summed E-state index contributed by atoms with van der Waals surface area (Å²) in [5.74, 6) is -1.48. The van der Waals surface area contributed by atoms with Crippen molar-refractivity contribution in [2.24, 2.45) is 0 Å². The number of aryl methyl sites for hydroxylation is 1. The Morgan fingerprint density at radius 1 is 1.21 bits per heavy atom. The predicted octanol–water partition coefficient (Wildman–Crippen LogP) is 2.59. The van der Waals surface area contributed by atoms with E-state index < -0.39 is 34.9 Å². The Labute approximate surface area is 194 Å². The number of hydrogen-bond donors (Lipinski definition) is 4. The summed E-state index contributed by atoms with van der Waals surface area (Å²) in [4.78, 5) is 50.0. The predicted molar refractivity (Wildman–Crippen MR) is 121 cm³/mol. The monoisotopic (exact) mass is 477 g/mol. The second kappa shape index (κ2) is 12.3. The maximum atomic E-state index is 12.2. The van der Waals surface area contributed by atoms with Gasteiger partial charge in [0.05, 0.1) is 23.9 Å². The number of carbonyl (C=O) groups is 3. The van der Waals surface area contributed by atoms with Gasteiger partial charge in [0, 0.05) is 25.2 Å². The average Bonchev–Trinajstić information content (AvgIpc) is 2.75. The van der Waals surface area contributed by atoms with Crippen molar-refractivity contribution in [1.29, 1.82) is 0 Å². The molecule has 0 fully saturated rings. The van der Waals surface area contributed by atoms with Crippen LogP contribution in [0.2, 0.25) is 5.02 Å². The number of pyridine rings is 1. The fourth-order valence-electron chi connectivity index (χ4n) is 2.92. The van der Waals surface area contributed by atoms with E-state index >= 15 is 0 Å². The Morgan fingerprint density at radius 3 is 2.64 bits per heavy atom. The molecule has 1 aromatic carbocycles. The van der Waals surface area contributed by atoms with Crippen molar-refractivity contribution < 1.29 is 24.4 Å². The molecule has 33 heavy (non-hydrogen) atoms. The lowest BCUT2D eigenvalue weighted by atomic mass is 10.0. The molecule has 176 valence electrons. The molecular weight excluding hydrogens is 454 g/mol. The molecule has 0 aliphatic rings. The van der Waals surface area contributed by atoms with E-state index in [1.54, 1.807) is 6.20 Å². The van der Waals surface area contributed by atoms with Crippen LogP contribution >= 0.6 is 11.6 Å². The third kappa shape index (κ3) is 8.73. The van der Waals surface area contributed by atoms with E-state index in [9.17, 15) is 24.5 Å². The van der Waals surface area contributed by atoms with E-state index in [2.05, 4.69) is 20.9 Å². The van der Waals surface area contributed by atoms with Crippen molar-refractivity contribution in [3.8, 4) is 0 Å². The van der Waals surface area contributed by atoms with Crippen molar-refractivity contribution in [3.63, 3.8) is 0 Å². The van der Waals surface area contributed by atoms with Gasteiger partial charge in [0.2, 0.25) is 11.8 Å². The molecule has 0 saturated carbocycles. The average molecular weight is 478 g/mol. The number of amides is 2. The Morgan fingerprint density at radius 2 is 1.97 bits per heavy atom. The van der Waals surface area contributed by atoms with Gasteiger partial charge in [-0.05, 0) is 42.7 Å². The quantitative estimate of drug-likeness (QED) is 0.206. The minimum absolute atomic E-state index is 0.107. The zero-order valence-electron chi connectivity index (χ0n) is 17.8. The molecule has 4 N–H and O–H groups in total. The molecule has 0 aliphatic carbocycles. The summed E-state index contributed by atoms with van der Waals surface area (Å²) in [7, 11) is 0. The largest absolute Gasteiger partial charge is 0.481 e. The fraction of sp³-hybridized carbons (Fsp3) is 0.333. The van der Waals surface area contributed by atoms with Gasteiger partial charge in [-0.25, -0.2) is 4.98 Å². The minimum atomic E-state index is -1.21. The van der Waals surface area contributed by atoms with Crippen molar-refractivity contribution >= 4 is 40.9 Å². The summed E-state index contributed by atoms with van der Waals surface area (Å²) in [6.07, 6.45) is 1.87. The van der Waals surface area contributed by atoms with Crippen LogP contribution in [0.15, 0.2) is 36.5 Å². The Kier molecular flexibility index (Phi) is 9.55. The van der Waals surface area contributed by atoms with Crippen LogP contribution < -0.4 is 16.0 Å². The molecule has 0 radical (unpaired) electrons. The number of rotatable bonds is 12. The fourth-order valence-corrected chi connectivity index (χ4v) is 3.11. The molecule has 11 nitrogen and oxygen atoms in total. The van der Waals surface area contributed by atoms with Crippen LogP contribution in [0.4, 0.5) is 11.5 Å². The van der Waals surface area contributed by atoms with Gasteiger partial charge in [-0.1, -0.05) is 17.7 Å². The lowest BCUT2D eigenvalue weighted by Crippen LogP contribution is -2.39. The Hall–Kier alpha value is -3.73. The summed E-state index contributed by atoms with van der Waals surface area (Å²) in [6.45, 7) is 2.10. The number of nitro groups is 1. The van der Waals surface area contributed by atoms with Gasteiger partial charge < -0.3 is 21.1 Å². The number of nitrogens with one attached hydrogen (secondary N) is 3. The van der Waals surface area contributed by atoms with Gasteiger partial charge in [0.15, 0.2) is 0 Å². The van der Waals surface area contributed by atoms with E-state index in [4.69, 9.17) is 16.7 Å². The number of carboxylic acids is 1. The molecule has 0 spiro atoms. The number of aliphatic carboxylic acids is 1. The van der Waals surface area contributed by atoms with Crippen molar-refractivity contribution in [2.45, 2.75) is 32.2 Å². The van der Waals surface area contributed by atoms with E-state index in [1.807, 2.05) is 19.1 Å². The van der Waals surface area contributed by atoms with Crippen molar-refractivity contribution in [3.05, 3.63) is 62.8 Å². The Bertz CT molecular complexity index is 1030. The molecule has 2 rings (SSSR count). The lowest BCUT2D eigenvalue weighted by molar-refractivity contribution is -0.384. The summed E-state index contributed by atoms with van der Waals surface area (Å²) >= 11 is 5.78. The molecule has 1 aromatic heterocycles. The molecule has 12 heteroatoms. The van der Waals surface area contributed by atoms with Gasteiger partial charge in [-0.3, -0.25) is 24.5 Å². The van der Waals surface area contributed by atoms with Crippen LogP contribution in [0.25, 0.3) is 0 Å². The summed E-state index contributed by atoms with van der Waals surface area (Å²) < 4.78 is 0. The Balaban J connectivity index is 1.83. The molecule has 2 aromatic rings. The number of benzene rings is 1. The third-order valence-corrected chi connectivity index (χ3v) is 4.85. The highest BCUT2D eigenvalue weighted by atomic mass is 35.5. The summed E-state index contributed by atoms with van der Waals surface area (Å²) in [6, 6.07) is 6.50. The molecule has 2 amide bonds. The SMILES string of the molecule is Cc1ccnc(NCCCC(=O)NCC(=O)NC(CC(=O)O)c2ccc(Cl)c([N+](=O)[O-])c2)c1. The lowest BCUT2D eigenvalue weighted by Gasteiger charge is -2.18. The van der Waals surface area contributed by atoms with E-state index in [-0.39, 0.29) is 29.5 Å². The van der Waals surface area contributed by atoms with Crippen LogP contribution in [0, 0.1) is 17.0 Å². The smallest absolute Gasteiger partial charge is 0.305 e. The number of halogens is 1. The minimum Gasteiger partial charge on any atom is -0.481 e. The molecule has 0 saturated heterocycles. The zero-order valence-corrected chi connectivity index (χ0v) is 18.6. The maximum absolute atomic E-state index is 12.2. The number of carbonyl (C=O) groups excluding carboxylic acids is 2. The molecule has 0 bridgehead atoms. The van der Waals surface area contributed by atoms with E-state index in [1.165, 1.54) is 12.1 Å². The number of nitrogens with zero attached hydrogens (tertiary/aromatic N) is 2. The molecule has 1 unspecified atom stereocenters. The van der Waals surface area contributed by atoms with Gasteiger partial charge in [0.1, 0.15) is 10.8 Å². The summed E-state index contributed by atoms with van der Waals surface area (Å²) in [5.41, 5.74) is 0.872. The number of aromatic nitrogens is 1. The van der Waals surface area contributed by atoms with Crippen LogP contribution in [0.3, 0.4) is 0 Å². The van der Waals surface area contributed by atoms with Gasteiger partial charge >= 0.3 is 5.97 Å². The van der Waals surface area contributed by atoms with Crippen LogP contribution in [-0.2, 0) is 14.4 Å². The topological polar surface area (TPSA) is 164 Å². The van der Waals surface area contributed by atoms with Crippen molar-refractivity contribution in [1.82, 2.24) is 15.6 Å². The first-order valence-electron chi connectivity index (χ1n) is 10.0. The first-order chi connectivity index (χ1) is 15.7. The first kappa shape index (κ1) is 25.5. The van der Waals surface area contributed by atoms with Crippen molar-refractivity contribution in [2.75, 3.05) is 18.4 Å². The molecular formula is C21H24ClN5O6. The van der Waals surface area contributed by atoms with Crippen LogP contribution in [0.1, 0.15) is 36.4 Å². The molecule has 1 atom stereocenters. The first-order valence-corrected chi connectivity index (χ1v) is 10.4. The zero-order chi connectivity index (χ0) is 24.4. The standard InChI is InChI=1S/C21H24ClN5O6/c1-13-6-8-24-18(9-13)23-7-2-3-19(28)25-12-20(29)26-16(11-21(30)31)14-4-5-15(22)17(10-14)27(32)33/h4-6,8-10,16H,2-3,7,11-12H2,1H3,(H,23,24)(H,25,28)(H,26,29)(H,30,31). The number of carboxylic acid groups (broad SMARTS) is 1. The van der Waals surface area contributed by atoms with Crippen LogP contribution in [0.5, 0.6) is 0 Å². The van der Waals surface area contributed by atoms with Crippen LogP contribution in [-0.4, -0.2) is 45.9 Å².